The van der Waals surface area contributed by atoms with Gasteiger partial charge in [0.05, 0.1) is 12.2 Å². The molecule has 2 nitrogen and oxygen atoms in total. The van der Waals surface area contributed by atoms with Crippen LogP contribution in [0.15, 0.2) is 28.7 Å². The summed E-state index contributed by atoms with van der Waals surface area (Å²) in [6.07, 6.45) is 0.716. The van der Waals surface area contributed by atoms with Crippen LogP contribution in [-0.2, 0) is 11.2 Å². The molecule has 1 aromatic carbocycles. The molecule has 0 saturated heterocycles. The fourth-order valence-corrected chi connectivity index (χ4v) is 1.49. The van der Waals surface area contributed by atoms with Crippen molar-refractivity contribution in [2.45, 2.75) is 18.9 Å². The zero-order valence-corrected chi connectivity index (χ0v) is 10.0. The van der Waals surface area contributed by atoms with Crippen LogP contribution < -0.4 is 0 Å². The maximum Gasteiger partial charge on any atom is 0.0920 e. The molecule has 78 valence electrons. The first-order valence-corrected chi connectivity index (χ1v) is 5.29. The number of ether oxygens (including phenoxy) is 1. The van der Waals surface area contributed by atoms with Gasteiger partial charge in [-0.15, -0.1) is 0 Å². The van der Waals surface area contributed by atoms with Crippen molar-refractivity contribution < 1.29 is 9.84 Å². The summed E-state index contributed by atoms with van der Waals surface area (Å²) in [4.78, 5) is 0. The van der Waals surface area contributed by atoms with Crippen LogP contribution in [0.1, 0.15) is 12.5 Å². The lowest BCUT2D eigenvalue weighted by Crippen LogP contribution is -2.34. The Kier molecular flexibility index (Phi) is 4.11. The molecule has 0 fully saturated rings. The Morgan fingerprint density at radius 3 is 2.36 bits per heavy atom. The average Bonchev–Trinajstić information content (AvgIpc) is 2.21. The van der Waals surface area contributed by atoms with Crippen molar-refractivity contribution in [3.05, 3.63) is 34.3 Å². The fraction of sp³-hybridized carbons (Fsp3) is 0.455. The van der Waals surface area contributed by atoms with Gasteiger partial charge in [-0.1, -0.05) is 28.1 Å². The minimum atomic E-state index is -0.478. The highest BCUT2D eigenvalue weighted by Crippen LogP contribution is 2.18. The van der Waals surface area contributed by atoms with E-state index >= 15 is 0 Å². The minimum Gasteiger partial charge on any atom is -0.393 e. The van der Waals surface area contributed by atoms with E-state index in [0.717, 1.165) is 10.0 Å². The van der Waals surface area contributed by atoms with E-state index in [9.17, 15) is 0 Å². The Morgan fingerprint density at radius 1 is 1.36 bits per heavy atom. The fourth-order valence-electron chi connectivity index (χ4n) is 1.23. The van der Waals surface area contributed by atoms with Gasteiger partial charge < -0.3 is 9.84 Å². The molecule has 0 aliphatic rings. The van der Waals surface area contributed by atoms with Crippen molar-refractivity contribution in [2.24, 2.45) is 0 Å². The second kappa shape index (κ2) is 4.91. The molecule has 0 amide bonds. The van der Waals surface area contributed by atoms with E-state index in [1.807, 2.05) is 31.2 Å². The normalized spacial score (nSPS) is 15.1. The molecular weight excluding hydrogens is 244 g/mol. The third-order valence-electron chi connectivity index (χ3n) is 2.32. The van der Waals surface area contributed by atoms with Gasteiger partial charge >= 0.3 is 0 Å². The monoisotopic (exact) mass is 258 g/mol. The van der Waals surface area contributed by atoms with Crippen molar-refractivity contribution in [2.75, 3.05) is 13.7 Å². The van der Waals surface area contributed by atoms with Crippen LogP contribution in [0.3, 0.4) is 0 Å². The predicted molar refractivity (Wildman–Crippen MR) is 60.3 cm³/mol. The molecule has 0 heterocycles. The number of hydrogen-bond donors (Lipinski definition) is 1. The maximum absolute atomic E-state index is 9.17. The van der Waals surface area contributed by atoms with E-state index in [0.29, 0.717) is 6.42 Å². The first kappa shape index (κ1) is 11.7. The Morgan fingerprint density at radius 2 is 1.93 bits per heavy atom. The third-order valence-corrected chi connectivity index (χ3v) is 2.85. The number of aliphatic hydroxyl groups excluding tert-OH is 1. The summed E-state index contributed by atoms with van der Waals surface area (Å²) < 4.78 is 6.32. The van der Waals surface area contributed by atoms with Crippen molar-refractivity contribution in [3.8, 4) is 0 Å². The van der Waals surface area contributed by atoms with E-state index in [1.54, 1.807) is 7.11 Å². The summed E-state index contributed by atoms with van der Waals surface area (Å²) >= 11 is 3.38. The molecule has 0 saturated carbocycles. The molecule has 0 aliphatic carbocycles. The second-order valence-corrected chi connectivity index (χ2v) is 4.53. The first-order chi connectivity index (χ1) is 6.59. The Hall–Kier alpha value is -0.380. The molecule has 0 aliphatic heterocycles. The molecule has 0 bridgehead atoms. The van der Waals surface area contributed by atoms with Gasteiger partial charge in [0.2, 0.25) is 0 Å². The summed E-state index contributed by atoms with van der Waals surface area (Å²) in [5.74, 6) is 0. The Labute approximate surface area is 93.0 Å². The van der Waals surface area contributed by atoms with Crippen LogP contribution in [0.5, 0.6) is 0 Å². The van der Waals surface area contributed by atoms with Gasteiger partial charge in [0.15, 0.2) is 0 Å². The van der Waals surface area contributed by atoms with Crippen molar-refractivity contribution >= 4 is 15.9 Å². The zero-order chi connectivity index (χ0) is 10.6. The van der Waals surface area contributed by atoms with Crippen molar-refractivity contribution in [3.63, 3.8) is 0 Å². The molecule has 1 aromatic rings. The second-order valence-electron chi connectivity index (χ2n) is 3.62. The van der Waals surface area contributed by atoms with Crippen LogP contribution in [-0.4, -0.2) is 24.4 Å². The molecule has 0 radical (unpaired) electrons. The average molecular weight is 259 g/mol. The van der Waals surface area contributed by atoms with Crippen LogP contribution in [0, 0.1) is 0 Å². The number of benzene rings is 1. The van der Waals surface area contributed by atoms with E-state index < -0.39 is 5.60 Å². The highest BCUT2D eigenvalue weighted by Gasteiger charge is 2.22. The van der Waals surface area contributed by atoms with Crippen molar-refractivity contribution in [1.82, 2.24) is 0 Å². The van der Waals surface area contributed by atoms with E-state index in [4.69, 9.17) is 9.84 Å². The van der Waals surface area contributed by atoms with Gasteiger partial charge in [-0.25, -0.2) is 0 Å². The van der Waals surface area contributed by atoms with Gasteiger partial charge in [-0.3, -0.25) is 0 Å². The molecular formula is C11H15BrO2. The predicted octanol–water partition coefficient (Wildman–Crippen LogP) is 2.39. The minimum absolute atomic E-state index is 0.0273. The smallest absolute Gasteiger partial charge is 0.0920 e. The molecule has 1 atom stereocenters. The van der Waals surface area contributed by atoms with Crippen LogP contribution in [0.25, 0.3) is 0 Å². The number of rotatable bonds is 4. The van der Waals surface area contributed by atoms with E-state index in [2.05, 4.69) is 15.9 Å². The summed E-state index contributed by atoms with van der Waals surface area (Å²) in [5, 5.41) is 9.17. The molecule has 0 aromatic heterocycles. The lowest BCUT2D eigenvalue weighted by atomic mass is 9.97. The maximum atomic E-state index is 9.17. The first-order valence-electron chi connectivity index (χ1n) is 4.50. The summed E-state index contributed by atoms with van der Waals surface area (Å²) in [6, 6.07) is 8.03. The lowest BCUT2D eigenvalue weighted by molar-refractivity contribution is -0.0368. The van der Waals surface area contributed by atoms with Crippen LogP contribution >= 0.6 is 15.9 Å². The summed E-state index contributed by atoms with van der Waals surface area (Å²) in [5.41, 5.74) is 0.681. The number of aliphatic hydroxyl groups is 1. The van der Waals surface area contributed by atoms with Gasteiger partial charge in [-0.05, 0) is 24.6 Å². The SMILES string of the molecule is COC(C)(CO)Cc1ccc(Br)cc1. The molecule has 14 heavy (non-hydrogen) atoms. The number of methoxy groups -OCH3 is 1. The topological polar surface area (TPSA) is 29.5 Å². The third kappa shape index (κ3) is 3.08. The van der Waals surface area contributed by atoms with Gasteiger partial charge in [-0.2, -0.15) is 0 Å². The lowest BCUT2D eigenvalue weighted by Gasteiger charge is -2.25. The highest BCUT2D eigenvalue weighted by molar-refractivity contribution is 9.10. The molecule has 1 unspecified atom stereocenters. The molecule has 3 heteroatoms. The van der Waals surface area contributed by atoms with Gasteiger partial charge in [0.25, 0.3) is 0 Å². The number of halogens is 1. The van der Waals surface area contributed by atoms with Crippen LogP contribution in [0.2, 0.25) is 0 Å². The Balaban J connectivity index is 2.72. The quantitative estimate of drug-likeness (QED) is 0.899. The largest absolute Gasteiger partial charge is 0.393 e. The molecule has 1 N–H and O–H groups in total. The van der Waals surface area contributed by atoms with Gasteiger partial charge in [0, 0.05) is 18.0 Å². The van der Waals surface area contributed by atoms with Gasteiger partial charge in [0.1, 0.15) is 0 Å². The number of hydrogen-bond acceptors (Lipinski definition) is 2. The van der Waals surface area contributed by atoms with Crippen LogP contribution in [0.4, 0.5) is 0 Å². The highest BCUT2D eigenvalue weighted by atomic mass is 79.9. The molecule has 0 spiro atoms. The summed E-state index contributed by atoms with van der Waals surface area (Å²) in [7, 11) is 1.62. The molecule has 1 rings (SSSR count). The summed E-state index contributed by atoms with van der Waals surface area (Å²) in [6.45, 7) is 1.93. The Bertz CT molecular complexity index is 278. The van der Waals surface area contributed by atoms with E-state index in [-0.39, 0.29) is 6.61 Å². The zero-order valence-electron chi connectivity index (χ0n) is 8.46. The van der Waals surface area contributed by atoms with E-state index in [1.165, 1.54) is 0 Å². The standard InChI is InChI=1S/C11H15BrO2/c1-11(8-13,14-2)7-9-3-5-10(12)6-4-9/h3-6,13H,7-8H2,1-2H3. The van der Waals surface area contributed by atoms with Crippen molar-refractivity contribution in [1.29, 1.82) is 0 Å².